The van der Waals surface area contributed by atoms with Gasteiger partial charge in [0.2, 0.25) is 0 Å². The Morgan fingerprint density at radius 1 is 1.33 bits per heavy atom. The van der Waals surface area contributed by atoms with Crippen LogP contribution in [0.3, 0.4) is 0 Å². The predicted octanol–water partition coefficient (Wildman–Crippen LogP) is 0.733. The van der Waals surface area contributed by atoms with Crippen LogP contribution in [-0.2, 0) is 20.2 Å². The van der Waals surface area contributed by atoms with Crippen LogP contribution >= 0.6 is 0 Å². The standard InChI is InChI=1S/C7H16O4S/c1-4-5-10-6(2)11-7(3)12(8)9/h6-7,12H,4-5H2,1-3H3. The fourth-order valence-electron chi connectivity index (χ4n) is 0.650. The van der Waals surface area contributed by atoms with Gasteiger partial charge in [0.1, 0.15) is 0 Å². The van der Waals surface area contributed by atoms with Crippen LogP contribution in [0.25, 0.3) is 0 Å². The van der Waals surface area contributed by atoms with Gasteiger partial charge in [-0.3, -0.25) is 0 Å². The highest BCUT2D eigenvalue weighted by atomic mass is 32.2. The molecule has 2 unspecified atom stereocenters. The summed E-state index contributed by atoms with van der Waals surface area (Å²) >= 11 is 0. The zero-order chi connectivity index (χ0) is 9.56. The van der Waals surface area contributed by atoms with Crippen LogP contribution < -0.4 is 0 Å². The largest absolute Gasteiger partial charge is 0.353 e. The first-order valence-electron chi connectivity index (χ1n) is 3.98. The highest BCUT2D eigenvalue weighted by Gasteiger charge is 2.09. The molecule has 0 N–H and O–H groups in total. The van der Waals surface area contributed by atoms with Crippen LogP contribution in [0.1, 0.15) is 27.2 Å². The molecule has 0 aliphatic carbocycles. The SMILES string of the molecule is CCCOC(C)OC(C)[SH](=O)=O. The molecule has 0 spiro atoms. The van der Waals surface area contributed by atoms with Crippen LogP contribution in [-0.4, -0.2) is 26.8 Å². The van der Waals surface area contributed by atoms with Crippen LogP contribution in [0, 0.1) is 0 Å². The molecule has 12 heavy (non-hydrogen) atoms. The van der Waals surface area contributed by atoms with Crippen molar-refractivity contribution >= 4 is 10.7 Å². The van der Waals surface area contributed by atoms with E-state index in [2.05, 4.69) is 0 Å². The normalized spacial score (nSPS) is 16.3. The van der Waals surface area contributed by atoms with Crippen molar-refractivity contribution in [2.75, 3.05) is 6.61 Å². The highest BCUT2D eigenvalue weighted by molar-refractivity contribution is 7.72. The molecule has 5 heteroatoms. The number of hydrogen-bond donors (Lipinski definition) is 1. The monoisotopic (exact) mass is 196 g/mol. The molecule has 0 fully saturated rings. The Bertz CT molecular complexity index is 170. The predicted molar refractivity (Wildman–Crippen MR) is 46.6 cm³/mol. The number of thiol groups is 1. The molecule has 74 valence electrons. The number of rotatable bonds is 6. The van der Waals surface area contributed by atoms with E-state index in [-0.39, 0.29) is 0 Å². The molecule has 0 aromatic heterocycles. The summed E-state index contributed by atoms with van der Waals surface area (Å²) in [6.45, 7) is 5.73. The molecule has 0 amide bonds. The third-order valence-electron chi connectivity index (χ3n) is 1.24. The van der Waals surface area contributed by atoms with Crippen molar-refractivity contribution in [1.82, 2.24) is 0 Å². The third kappa shape index (κ3) is 5.51. The molecule has 0 aliphatic rings. The Labute approximate surface area is 74.8 Å². The second-order valence-corrected chi connectivity index (χ2v) is 3.76. The molecule has 0 aromatic carbocycles. The first-order chi connectivity index (χ1) is 5.57. The van der Waals surface area contributed by atoms with Gasteiger partial charge in [-0.25, -0.2) is 8.42 Å². The summed E-state index contributed by atoms with van der Waals surface area (Å²) in [5, 5.41) is 0. The van der Waals surface area contributed by atoms with Gasteiger partial charge in [-0.1, -0.05) is 6.92 Å². The van der Waals surface area contributed by atoms with Crippen LogP contribution in [0.5, 0.6) is 0 Å². The summed E-state index contributed by atoms with van der Waals surface area (Å²) < 4.78 is 30.8. The van der Waals surface area contributed by atoms with Crippen LogP contribution in [0.2, 0.25) is 0 Å². The minimum Gasteiger partial charge on any atom is -0.353 e. The maximum Gasteiger partial charge on any atom is 0.166 e. The van der Waals surface area contributed by atoms with Crippen LogP contribution in [0.4, 0.5) is 0 Å². The highest BCUT2D eigenvalue weighted by Crippen LogP contribution is 2.00. The number of hydrogen-bond acceptors (Lipinski definition) is 4. The van der Waals surface area contributed by atoms with Crippen molar-refractivity contribution in [3.8, 4) is 0 Å². The van der Waals surface area contributed by atoms with Gasteiger partial charge in [0, 0.05) is 6.61 Å². The second-order valence-electron chi connectivity index (χ2n) is 2.46. The molecular formula is C7H16O4S. The van der Waals surface area contributed by atoms with E-state index in [9.17, 15) is 8.42 Å². The van der Waals surface area contributed by atoms with E-state index in [1.807, 2.05) is 6.92 Å². The van der Waals surface area contributed by atoms with Crippen molar-refractivity contribution in [3.63, 3.8) is 0 Å². The van der Waals surface area contributed by atoms with E-state index in [0.717, 1.165) is 6.42 Å². The van der Waals surface area contributed by atoms with Crippen LogP contribution in [0.15, 0.2) is 0 Å². The Morgan fingerprint density at radius 2 is 1.92 bits per heavy atom. The molecule has 0 aromatic rings. The molecular weight excluding hydrogens is 180 g/mol. The molecule has 0 heterocycles. The fraction of sp³-hybridized carbons (Fsp3) is 1.00. The molecule has 0 bridgehead atoms. The van der Waals surface area contributed by atoms with E-state index < -0.39 is 22.4 Å². The summed E-state index contributed by atoms with van der Waals surface area (Å²) in [7, 11) is -2.51. The molecule has 0 saturated carbocycles. The van der Waals surface area contributed by atoms with Gasteiger partial charge < -0.3 is 9.47 Å². The summed E-state index contributed by atoms with van der Waals surface area (Å²) in [6.07, 6.45) is 0.443. The molecule has 0 rings (SSSR count). The number of ether oxygens (including phenoxy) is 2. The lowest BCUT2D eigenvalue weighted by Crippen LogP contribution is -2.21. The summed E-state index contributed by atoms with van der Waals surface area (Å²) in [5.41, 5.74) is -0.771. The van der Waals surface area contributed by atoms with E-state index in [4.69, 9.17) is 9.47 Å². The minimum absolute atomic E-state index is 0.451. The first-order valence-corrected chi connectivity index (χ1v) is 5.23. The Hall–Kier alpha value is -0.130. The molecule has 0 saturated heterocycles. The van der Waals surface area contributed by atoms with Gasteiger partial charge in [-0.15, -0.1) is 0 Å². The van der Waals surface area contributed by atoms with Crippen molar-refractivity contribution in [3.05, 3.63) is 0 Å². The summed E-state index contributed by atoms with van der Waals surface area (Å²) in [6, 6.07) is 0. The third-order valence-corrected chi connectivity index (χ3v) is 1.96. The lowest BCUT2D eigenvalue weighted by Gasteiger charge is -2.15. The maximum absolute atomic E-state index is 10.4. The Kier molecular flexibility index (Phi) is 6.32. The fourth-order valence-corrected chi connectivity index (χ4v) is 0.921. The first kappa shape index (κ1) is 11.9. The van der Waals surface area contributed by atoms with E-state index in [1.165, 1.54) is 6.92 Å². The van der Waals surface area contributed by atoms with Gasteiger partial charge in [-0.2, -0.15) is 0 Å². The topological polar surface area (TPSA) is 52.6 Å². The van der Waals surface area contributed by atoms with Gasteiger partial charge in [0.05, 0.1) is 0 Å². The van der Waals surface area contributed by atoms with Crippen molar-refractivity contribution in [2.24, 2.45) is 0 Å². The Morgan fingerprint density at radius 3 is 2.33 bits per heavy atom. The molecule has 0 aliphatic heterocycles. The van der Waals surface area contributed by atoms with Gasteiger partial charge in [0.15, 0.2) is 22.4 Å². The van der Waals surface area contributed by atoms with Crippen molar-refractivity contribution in [2.45, 2.75) is 38.9 Å². The van der Waals surface area contributed by atoms with Crippen molar-refractivity contribution < 1.29 is 17.9 Å². The molecule has 2 atom stereocenters. The average molecular weight is 196 g/mol. The molecule has 4 nitrogen and oxygen atoms in total. The van der Waals surface area contributed by atoms with Crippen molar-refractivity contribution in [1.29, 1.82) is 0 Å². The minimum atomic E-state index is -2.51. The van der Waals surface area contributed by atoms with E-state index in [0.29, 0.717) is 6.61 Å². The van der Waals surface area contributed by atoms with Gasteiger partial charge in [-0.05, 0) is 20.3 Å². The van der Waals surface area contributed by atoms with Gasteiger partial charge in [0.25, 0.3) is 0 Å². The summed E-state index contributed by atoms with van der Waals surface area (Å²) in [5.74, 6) is 0. The average Bonchev–Trinajstić information content (AvgIpc) is 2.00. The van der Waals surface area contributed by atoms with E-state index in [1.54, 1.807) is 6.92 Å². The summed E-state index contributed by atoms with van der Waals surface area (Å²) in [4.78, 5) is 0. The quantitative estimate of drug-likeness (QED) is 0.502. The zero-order valence-corrected chi connectivity index (χ0v) is 8.54. The van der Waals surface area contributed by atoms with Gasteiger partial charge >= 0.3 is 0 Å². The smallest absolute Gasteiger partial charge is 0.166 e. The lowest BCUT2D eigenvalue weighted by atomic mass is 10.5. The second kappa shape index (κ2) is 6.39. The Balaban J connectivity index is 3.60. The molecule has 0 radical (unpaired) electrons. The maximum atomic E-state index is 10.4. The van der Waals surface area contributed by atoms with E-state index >= 15 is 0 Å². The lowest BCUT2D eigenvalue weighted by molar-refractivity contribution is -0.136. The zero-order valence-electron chi connectivity index (χ0n) is 7.65.